The van der Waals surface area contributed by atoms with Gasteiger partial charge in [0.1, 0.15) is 6.04 Å². The summed E-state index contributed by atoms with van der Waals surface area (Å²) in [7, 11) is 0. The third kappa shape index (κ3) is 5.73. The molecule has 2 rings (SSSR count). The second kappa shape index (κ2) is 9.76. The maximum atomic E-state index is 12.9. The van der Waals surface area contributed by atoms with E-state index in [4.69, 9.17) is 0 Å². The summed E-state index contributed by atoms with van der Waals surface area (Å²) in [6, 6.07) is 17.2. The van der Waals surface area contributed by atoms with E-state index in [9.17, 15) is 9.59 Å². The molecule has 0 radical (unpaired) electrons. The first-order valence-corrected chi connectivity index (χ1v) is 9.18. The van der Waals surface area contributed by atoms with Crippen molar-refractivity contribution in [1.29, 1.82) is 0 Å². The Labute approximate surface area is 156 Å². The van der Waals surface area contributed by atoms with Crippen molar-refractivity contribution in [3.63, 3.8) is 0 Å². The molecule has 0 aromatic heterocycles. The molecule has 1 N–H and O–H groups in total. The van der Waals surface area contributed by atoms with E-state index in [0.717, 1.165) is 17.5 Å². The molecule has 0 aliphatic heterocycles. The van der Waals surface area contributed by atoms with Gasteiger partial charge in [-0.2, -0.15) is 0 Å². The fourth-order valence-corrected chi connectivity index (χ4v) is 2.74. The molecule has 2 amide bonds. The molecule has 0 bridgehead atoms. The van der Waals surface area contributed by atoms with E-state index in [0.29, 0.717) is 13.1 Å². The van der Waals surface area contributed by atoms with E-state index in [1.165, 1.54) is 5.56 Å². The van der Waals surface area contributed by atoms with Crippen molar-refractivity contribution in [1.82, 2.24) is 10.2 Å². The standard InChI is InChI=1S/C22H28N2O2/c1-4-14-23-22(26)18(3)24(16-20-12-10-17(2)11-13-20)21(25)15-19-8-6-5-7-9-19/h5-13,18H,4,14-16H2,1-3H3,(H,23,26). The van der Waals surface area contributed by atoms with Gasteiger partial charge in [-0.1, -0.05) is 67.1 Å². The molecule has 0 aliphatic carbocycles. The number of benzene rings is 2. The van der Waals surface area contributed by atoms with E-state index in [1.807, 2.05) is 68.4 Å². The fraction of sp³-hybridized carbons (Fsp3) is 0.364. The zero-order valence-corrected chi connectivity index (χ0v) is 15.9. The number of aryl methyl sites for hydroxylation is 1. The maximum Gasteiger partial charge on any atom is 0.242 e. The number of hydrogen-bond donors (Lipinski definition) is 1. The first-order valence-electron chi connectivity index (χ1n) is 9.18. The van der Waals surface area contributed by atoms with Gasteiger partial charge in [0.2, 0.25) is 11.8 Å². The smallest absolute Gasteiger partial charge is 0.242 e. The van der Waals surface area contributed by atoms with Crippen LogP contribution in [0.15, 0.2) is 54.6 Å². The monoisotopic (exact) mass is 352 g/mol. The lowest BCUT2D eigenvalue weighted by atomic mass is 10.1. The summed E-state index contributed by atoms with van der Waals surface area (Å²) >= 11 is 0. The van der Waals surface area contributed by atoms with Crippen LogP contribution >= 0.6 is 0 Å². The molecule has 0 spiro atoms. The lowest BCUT2D eigenvalue weighted by Crippen LogP contribution is -2.48. The van der Waals surface area contributed by atoms with E-state index < -0.39 is 6.04 Å². The molecule has 1 atom stereocenters. The summed E-state index contributed by atoms with van der Waals surface area (Å²) in [6.07, 6.45) is 1.16. The zero-order valence-electron chi connectivity index (χ0n) is 15.9. The third-order valence-corrected chi connectivity index (χ3v) is 4.39. The summed E-state index contributed by atoms with van der Waals surface area (Å²) in [4.78, 5) is 27.1. The largest absolute Gasteiger partial charge is 0.354 e. The summed E-state index contributed by atoms with van der Waals surface area (Å²) in [5.41, 5.74) is 3.14. The Balaban J connectivity index is 2.17. The van der Waals surface area contributed by atoms with Crippen LogP contribution in [0.1, 0.15) is 37.0 Å². The van der Waals surface area contributed by atoms with Crippen LogP contribution < -0.4 is 5.32 Å². The van der Waals surface area contributed by atoms with Gasteiger partial charge >= 0.3 is 0 Å². The van der Waals surface area contributed by atoms with Gasteiger partial charge in [0.05, 0.1) is 6.42 Å². The number of rotatable bonds is 8. The van der Waals surface area contributed by atoms with Crippen LogP contribution in [0.25, 0.3) is 0 Å². The summed E-state index contributed by atoms with van der Waals surface area (Å²) in [5, 5.41) is 2.89. The summed E-state index contributed by atoms with van der Waals surface area (Å²) in [5.74, 6) is -0.156. The van der Waals surface area contributed by atoms with E-state index in [2.05, 4.69) is 5.32 Å². The van der Waals surface area contributed by atoms with Crippen LogP contribution in [0, 0.1) is 6.92 Å². The summed E-state index contributed by atoms with van der Waals surface area (Å²) < 4.78 is 0. The molecule has 4 heteroatoms. The first-order chi connectivity index (χ1) is 12.5. The molecule has 4 nitrogen and oxygen atoms in total. The highest BCUT2D eigenvalue weighted by atomic mass is 16.2. The highest BCUT2D eigenvalue weighted by Crippen LogP contribution is 2.13. The Hall–Kier alpha value is -2.62. The predicted molar refractivity (Wildman–Crippen MR) is 105 cm³/mol. The van der Waals surface area contributed by atoms with Crippen molar-refractivity contribution in [2.75, 3.05) is 6.54 Å². The molecule has 1 unspecified atom stereocenters. The van der Waals surface area contributed by atoms with E-state index in [1.54, 1.807) is 11.8 Å². The second-order valence-corrected chi connectivity index (χ2v) is 6.64. The quantitative estimate of drug-likeness (QED) is 0.791. The zero-order chi connectivity index (χ0) is 18.9. The predicted octanol–water partition coefficient (Wildman–Crippen LogP) is 3.48. The fourth-order valence-electron chi connectivity index (χ4n) is 2.74. The molecule has 0 fully saturated rings. The van der Waals surface area contributed by atoms with Gasteiger partial charge in [-0.15, -0.1) is 0 Å². The minimum Gasteiger partial charge on any atom is -0.354 e. The van der Waals surface area contributed by atoms with Gasteiger partial charge in [0.15, 0.2) is 0 Å². The minimum atomic E-state index is -0.515. The number of nitrogens with one attached hydrogen (secondary N) is 1. The summed E-state index contributed by atoms with van der Waals surface area (Å²) in [6.45, 7) is 6.88. The second-order valence-electron chi connectivity index (χ2n) is 6.64. The lowest BCUT2D eigenvalue weighted by Gasteiger charge is -2.29. The highest BCUT2D eigenvalue weighted by molar-refractivity contribution is 5.88. The van der Waals surface area contributed by atoms with Gasteiger partial charge in [-0.25, -0.2) is 0 Å². The molecule has 138 valence electrons. The molecule has 0 aliphatic rings. The van der Waals surface area contributed by atoms with Gasteiger partial charge in [-0.3, -0.25) is 9.59 Å². The van der Waals surface area contributed by atoms with Crippen molar-refractivity contribution >= 4 is 11.8 Å². The van der Waals surface area contributed by atoms with Crippen molar-refractivity contribution in [2.45, 2.75) is 46.2 Å². The number of carbonyl (C=O) groups is 2. The van der Waals surface area contributed by atoms with Crippen LogP contribution in [-0.4, -0.2) is 29.3 Å². The lowest BCUT2D eigenvalue weighted by molar-refractivity contribution is -0.140. The molecule has 2 aromatic carbocycles. The van der Waals surface area contributed by atoms with Crippen LogP contribution in [-0.2, 0) is 22.6 Å². The van der Waals surface area contributed by atoms with E-state index in [-0.39, 0.29) is 18.2 Å². The molecule has 2 aromatic rings. The Morgan fingerprint density at radius 2 is 1.65 bits per heavy atom. The average molecular weight is 352 g/mol. The number of amides is 2. The molecule has 26 heavy (non-hydrogen) atoms. The van der Waals surface area contributed by atoms with Crippen LogP contribution in [0.5, 0.6) is 0 Å². The van der Waals surface area contributed by atoms with Gasteiger partial charge in [0.25, 0.3) is 0 Å². The Morgan fingerprint density at radius 1 is 1.00 bits per heavy atom. The van der Waals surface area contributed by atoms with Crippen molar-refractivity contribution in [3.8, 4) is 0 Å². The molecular formula is C22H28N2O2. The van der Waals surface area contributed by atoms with Crippen LogP contribution in [0.3, 0.4) is 0 Å². The van der Waals surface area contributed by atoms with Crippen LogP contribution in [0.4, 0.5) is 0 Å². The topological polar surface area (TPSA) is 49.4 Å². The molecule has 0 saturated carbocycles. The number of nitrogens with zero attached hydrogens (tertiary/aromatic N) is 1. The molecule has 0 heterocycles. The van der Waals surface area contributed by atoms with Crippen LogP contribution in [0.2, 0.25) is 0 Å². The highest BCUT2D eigenvalue weighted by Gasteiger charge is 2.25. The normalized spacial score (nSPS) is 11.7. The maximum absolute atomic E-state index is 12.9. The first kappa shape index (κ1) is 19.7. The van der Waals surface area contributed by atoms with E-state index >= 15 is 0 Å². The van der Waals surface area contributed by atoms with Crippen molar-refractivity contribution in [2.24, 2.45) is 0 Å². The van der Waals surface area contributed by atoms with Gasteiger partial charge in [-0.05, 0) is 31.4 Å². The van der Waals surface area contributed by atoms with Crippen molar-refractivity contribution in [3.05, 3.63) is 71.3 Å². The molecule has 0 saturated heterocycles. The van der Waals surface area contributed by atoms with Gasteiger partial charge < -0.3 is 10.2 Å². The number of hydrogen-bond acceptors (Lipinski definition) is 2. The minimum absolute atomic E-state index is 0.0454. The number of carbonyl (C=O) groups excluding carboxylic acids is 2. The van der Waals surface area contributed by atoms with Gasteiger partial charge in [0, 0.05) is 13.1 Å². The van der Waals surface area contributed by atoms with Crippen molar-refractivity contribution < 1.29 is 9.59 Å². The SMILES string of the molecule is CCCNC(=O)C(C)N(Cc1ccc(C)cc1)C(=O)Cc1ccccc1. The Bertz CT molecular complexity index is 711. The third-order valence-electron chi connectivity index (χ3n) is 4.39. The average Bonchev–Trinajstić information content (AvgIpc) is 2.65. The Kier molecular flexibility index (Phi) is 7.39. The Morgan fingerprint density at radius 3 is 2.27 bits per heavy atom. The molecular weight excluding hydrogens is 324 g/mol.